The van der Waals surface area contributed by atoms with E-state index in [1.807, 2.05) is 11.3 Å². The molecule has 0 aromatic carbocycles. The number of hydrogen-bond acceptors (Lipinski definition) is 2. The molecule has 1 fully saturated rings. The van der Waals surface area contributed by atoms with Gasteiger partial charge in [-0.25, -0.2) is 0 Å². The second kappa shape index (κ2) is 5.13. The van der Waals surface area contributed by atoms with Crippen molar-refractivity contribution >= 4 is 11.3 Å². The highest BCUT2D eigenvalue weighted by molar-refractivity contribution is 7.08. The molecule has 1 atom stereocenters. The largest absolute Gasteiger partial charge is 0.310 e. The third kappa shape index (κ3) is 2.82. The van der Waals surface area contributed by atoms with Gasteiger partial charge in [-0.1, -0.05) is 12.8 Å². The fourth-order valence-electron chi connectivity index (χ4n) is 2.46. The molecule has 84 valence electrons. The fourth-order valence-corrected chi connectivity index (χ4v) is 3.32. The summed E-state index contributed by atoms with van der Waals surface area (Å²) in [5, 5.41) is 8.18. The molecule has 2 rings (SSSR count). The molecule has 0 radical (unpaired) electrons. The van der Waals surface area contributed by atoms with E-state index in [4.69, 9.17) is 0 Å². The lowest BCUT2D eigenvalue weighted by Gasteiger charge is -2.20. The summed E-state index contributed by atoms with van der Waals surface area (Å²) < 4.78 is 0. The van der Waals surface area contributed by atoms with E-state index in [0.717, 1.165) is 12.5 Å². The molecule has 0 amide bonds. The van der Waals surface area contributed by atoms with Gasteiger partial charge in [0.1, 0.15) is 0 Å². The van der Waals surface area contributed by atoms with Crippen LogP contribution in [-0.4, -0.2) is 6.04 Å². The minimum absolute atomic E-state index is 0.687. The number of nitrogens with one attached hydrogen (secondary N) is 1. The van der Waals surface area contributed by atoms with Gasteiger partial charge in [0.05, 0.1) is 0 Å². The highest BCUT2D eigenvalue weighted by Gasteiger charge is 2.20. The van der Waals surface area contributed by atoms with Crippen LogP contribution in [0.1, 0.15) is 43.7 Å². The molecule has 1 aliphatic carbocycles. The molecule has 0 aliphatic heterocycles. The van der Waals surface area contributed by atoms with Gasteiger partial charge in [0.15, 0.2) is 0 Å². The SMILES string of the molecule is Cc1cscc1CNC(C)C1CCCC1. The standard InChI is InChI=1S/C13H21NS/c1-10-8-15-9-13(10)7-14-11(2)12-5-3-4-6-12/h8-9,11-12,14H,3-7H2,1-2H3. The minimum Gasteiger partial charge on any atom is -0.310 e. The first kappa shape index (κ1) is 11.2. The predicted octanol–water partition coefficient (Wildman–Crippen LogP) is 3.72. The van der Waals surface area contributed by atoms with E-state index in [2.05, 4.69) is 29.9 Å². The molecule has 1 aliphatic rings. The van der Waals surface area contributed by atoms with Crippen molar-refractivity contribution in [3.05, 3.63) is 21.9 Å². The molecular formula is C13H21NS. The summed E-state index contributed by atoms with van der Waals surface area (Å²) in [7, 11) is 0. The van der Waals surface area contributed by atoms with Gasteiger partial charge in [0.25, 0.3) is 0 Å². The van der Waals surface area contributed by atoms with E-state index in [0.29, 0.717) is 6.04 Å². The quantitative estimate of drug-likeness (QED) is 0.820. The van der Waals surface area contributed by atoms with E-state index < -0.39 is 0 Å². The Kier molecular flexibility index (Phi) is 3.81. The zero-order chi connectivity index (χ0) is 10.7. The van der Waals surface area contributed by atoms with Gasteiger partial charge in [-0.15, -0.1) is 0 Å². The van der Waals surface area contributed by atoms with Crippen LogP contribution in [-0.2, 0) is 6.54 Å². The lowest BCUT2D eigenvalue weighted by Crippen LogP contribution is -2.31. The first-order valence-electron chi connectivity index (χ1n) is 6.02. The van der Waals surface area contributed by atoms with Crippen LogP contribution in [0.2, 0.25) is 0 Å². The topological polar surface area (TPSA) is 12.0 Å². The van der Waals surface area contributed by atoms with Crippen LogP contribution in [0.5, 0.6) is 0 Å². The molecule has 1 aromatic rings. The van der Waals surface area contributed by atoms with E-state index in [-0.39, 0.29) is 0 Å². The molecule has 0 spiro atoms. The smallest absolute Gasteiger partial charge is 0.0218 e. The first-order chi connectivity index (χ1) is 7.27. The molecule has 1 unspecified atom stereocenters. The van der Waals surface area contributed by atoms with E-state index in [9.17, 15) is 0 Å². The zero-order valence-electron chi connectivity index (χ0n) is 9.75. The normalized spacial score (nSPS) is 19.6. The van der Waals surface area contributed by atoms with Crippen molar-refractivity contribution in [1.82, 2.24) is 5.32 Å². The van der Waals surface area contributed by atoms with Crippen LogP contribution in [0.15, 0.2) is 10.8 Å². The Balaban J connectivity index is 1.80. The number of hydrogen-bond donors (Lipinski definition) is 1. The molecular weight excluding hydrogens is 202 g/mol. The van der Waals surface area contributed by atoms with Crippen LogP contribution >= 0.6 is 11.3 Å². The second-order valence-electron chi connectivity index (χ2n) is 4.79. The minimum atomic E-state index is 0.687. The monoisotopic (exact) mass is 223 g/mol. The maximum Gasteiger partial charge on any atom is 0.0218 e. The van der Waals surface area contributed by atoms with Gasteiger partial charge in [-0.2, -0.15) is 11.3 Å². The summed E-state index contributed by atoms with van der Waals surface area (Å²) >= 11 is 1.81. The second-order valence-corrected chi connectivity index (χ2v) is 5.54. The Morgan fingerprint density at radius 3 is 2.73 bits per heavy atom. The van der Waals surface area contributed by atoms with Crippen LogP contribution in [0, 0.1) is 12.8 Å². The Bertz CT molecular complexity index is 299. The Labute approximate surface area is 96.9 Å². The van der Waals surface area contributed by atoms with Crippen molar-refractivity contribution in [2.24, 2.45) is 5.92 Å². The molecule has 2 heteroatoms. The van der Waals surface area contributed by atoms with Gasteiger partial charge in [-0.05, 0) is 54.5 Å². The Hall–Kier alpha value is -0.340. The van der Waals surface area contributed by atoms with Crippen LogP contribution in [0.4, 0.5) is 0 Å². The highest BCUT2D eigenvalue weighted by atomic mass is 32.1. The zero-order valence-corrected chi connectivity index (χ0v) is 10.6. The molecule has 1 heterocycles. The summed E-state index contributed by atoms with van der Waals surface area (Å²) in [5.74, 6) is 0.920. The summed E-state index contributed by atoms with van der Waals surface area (Å²) in [6.07, 6.45) is 5.73. The molecule has 0 saturated heterocycles. The van der Waals surface area contributed by atoms with Crippen molar-refractivity contribution in [2.75, 3.05) is 0 Å². The predicted molar refractivity (Wildman–Crippen MR) is 67.3 cm³/mol. The molecule has 1 saturated carbocycles. The van der Waals surface area contributed by atoms with Crippen molar-refractivity contribution in [3.63, 3.8) is 0 Å². The lowest BCUT2D eigenvalue weighted by molar-refractivity contribution is 0.380. The van der Waals surface area contributed by atoms with Crippen molar-refractivity contribution in [2.45, 2.75) is 52.1 Å². The summed E-state index contributed by atoms with van der Waals surface area (Å²) in [4.78, 5) is 0. The average molecular weight is 223 g/mol. The Morgan fingerprint density at radius 2 is 2.13 bits per heavy atom. The molecule has 1 N–H and O–H groups in total. The molecule has 1 aromatic heterocycles. The van der Waals surface area contributed by atoms with Gasteiger partial charge in [0.2, 0.25) is 0 Å². The fraction of sp³-hybridized carbons (Fsp3) is 0.692. The van der Waals surface area contributed by atoms with Crippen molar-refractivity contribution < 1.29 is 0 Å². The van der Waals surface area contributed by atoms with E-state index in [1.165, 1.54) is 36.8 Å². The molecule has 0 bridgehead atoms. The van der Waals surface area contributed by atoms with Crippen LogP contribution in [0.25, 0.3) is 0 Å². The number of thiophene rings is 1. The summed E-state index contributed by atoms with van der Waals surface area (Å²) in [6.45, 7) is 5.60. The third-order valence-electron chi connectivity index (χ3n) is 3.68. The maximum absolute atomic E-state index is 3.67. The lowest BCUT2D eigenvalue weighted by atomic mass is 9.99. The third-order valence-corrected chi connectivity index (χ3v) is 4.59. The molecule has 1 nitrogen and oxygen atoms in total. The maximum atomic E-state index is 3.67. The van der Waals surface area contributed by atoms with E-state index in [1.54, 1.807) is 0 Å². The van der Waals surface area contributed by atoms with Crippen molar-refractivity contribution in [1.29, 1.82) is 0 Å². The number of rotatable bonds is 4. The summed E-state index contributed by atoms with van der Waals surface area (Å²) in [6, 6.07) is 0.687. The van der Waals surface area contributed by atoms with Crippen LogP contribution in [0.3, 0.4) is 0 Å². The van der Waals surface area contributed by atoms with Gasteiger partial charge in [-0.3, -0.25) is 0 Å². The number of aryl methyl sites for hydroxylation is 1. The Morgan fingerprint density at radius 1 is 1.40 bits per heavy atom. The highest BCUT2D eigenvalue weighted by Crippen LogP contribution is 2.27. The van der Waals surface area contributed by atoms with Crippen LogP contribution < -0.4 is 5.32 Å². The first-order valence-corrected chi connectivity index (χ1v) is 6.96. The van der Waals surface area contributed by atoms with Gasteiger partial charge in [0, 0.05) is 12.6 Å². The van der Waals surface area contributed by atoms with E-state index >= 15 is 0 Å². The van der Waals surface area contributed by atoms with Crippen molar-refractivity contribution in [3.8, 4) is 0 Å². The molecule has 15 heavy (non-hydrogen) atoms. The van der Waals surface area contributed by atoms with Gasteiger partial charge < -0.3 is 5.32 Å². The average Bonchev–Trinajstić information content (AvgIpc) is 2.85. The summed E-state index contributed by atoms with van der Waals surface area (Å²) in [5.41, 5.74) is 2.91. The van der Waals surface area contributed by atoms with Gasteiger partial charge >= 0.3 is 0 Å².